The summed E-state index contributed by atoms with van der Waals surface area (Å²) in [6.07, 6.45) is 2.98. The van der Waals surface area contributed by atoms with Crippen molar-refractivity contribution in [1.29, 1.82) is 0 Å². The van der Waals surface area contributed by atoms with E-state index in [1.165, 1.54) is 18.3 Å². The van der Waals surface area contributed by atoms with Crippen LogP contribution in [0.2, 0.25) is 0 Å². The maximum Gasteiger partial charge on any atom is 0.223 e. The van der Waals surface area contributed by atoms with Crippen molar-refractivity contribution in [1.82, 2.24) is 9.88 Å². The fourth-order valence-electron chi connectivity index (χ4n) is 1.57. The van der Waals surface area contributed by atoms with Crippen LogP contribution in [0.1, 0.15) is 18.5 Å². The number of amides is 1. The molecule has 0 bridgehead atoms. The molecule has 1 fully saturated rings. The fraction of sp³-hybridized carbons (Fsp3) is 0.333. The first kappa shape index (κ1) is 10.6. The minimum absolute atomic E-state index is 0.121. The van der Waals surface area contributed by atoms with E-state index in [2.05, 4.69) is 16.8 Å². The molecule has 1 aliphatic rings. The van der Waals surface area contributed by atoms with Crippen molar-refractivity contribution < 1.29 is 9.18 Å². The molecule has 2 rings (SSSR count). The van der Waals surface area contributed by atoms with Crippen molar-refractivity contribution in [2.45, 2.75) is 12.8 Å². The quantitative estimate of drug-likeness (QED) is 0.663. The summed E-state index contributed by atoms with van der Waals surface area (Å²) in [5.74, 6) is 5.09. The Morgan fingerprint density at radius 1 is 1.56 bits per heavy atom. The van der Waals surface area contributed by atoms with E-state index < -0.39 is 5.82 Å². The number of halogens is 1. The summed E-state index contributed by atoms with van der Waals surface area (Å²) in [5.41, 5.74) is 0.133. The molecule has 1 amide bonds. The van der Waals surface area contributed by atoms with Gasteiger partial charge in [0.15, 0.2) is 5.82 Å². The third-order valence-electron chi connectivity index (χ3n) is 2.41. The molecule has 1 aromatic heterocycles. The first-order chi connectivity index (χ1) is 7.77. The van der Waals surface area contributed by atoms with Gasteiger partial charge in [0.05, 0.1) is 6.54 Å². The van der Waals surface area contributed by atoms with Crippen molar-refractivity contribution >= 4 is 5.91 Å². The molecule has 0 spiro atoms. The molecule has 16 heavy (non-hydrogen) atoms. The number of carbonyl (C=O) groups is 1. The van der Waals surface area contributed by atoms with E-state index in [4.69, 9.17) is 0 Å². The number of likely N-dealkylation sites (tertiary alicyclic amines) is 1. The zero-order valence-corrected chi connectivity index (χ0v) is 8.74. The molecule has 82 valence electrons. The van der Waals surface area contributed by atoms with Crippen LogP contribution in [0.5, 0.6) is 0 Å². The fourth-order valence-corrected chi connectivity index (χ4v) is 1.57. The van der Waals surface area contributed by atoms with Crippen LogP contribution in [-0.4, -0.2) is 28.9 Å². The number of carbonyl (C=O) groups excluding carboxylic acids is 1. The van der Waals surface area contributed by atoms with Gasteiger partial charge in [-0.15, -0.1) is 0 Å². The Kier molecular flexibility index (Phi) is 3.16. The van der Waals surface area contributed by atoms with Gasteiger partial charge in [0, 0.05) is 19.2 Å². The van der Waals surface area contributed by atoms with Gasteiger partial charge in [0.1, 0.15) is 5.69 Å². The highest BCUT2D eigenvalue weighted by molar-refractivity contribution is 5.78. The Morgan fingerprint density at radius 3 is 3.12 bits per heavy atom. The summed E-state index contributed by atoms with van der Waals surface area (Å²) in [5, 5.41) is 0. The maximum absolute atomic E-state index is 13.1. The van der Waals surface area contributed by atoms with E-state index in [1.54, 1.807) is 4.90 Å². The first-order valence-electron chi connectivity index (χ1n) is 5.14. The van der Waals surface area contributed by atoms with Gasteiger partial charge in [-0.2, -0.15) is 0 Å². The second kappa shape index (κ2) is 4.75. The normalized spacial score (nSPS) is 14.8. The molecule has 1 aromatic rings. The largest absolute Gasteiger partial charge is 0.332 e. The van der Waals surface area contributed by atoms with E-state index in [0.29, 0.717) is 13.0 Å². The average molecular weight is 218 g/mol. The molecule has 0 saturated carbocycles. The summed E-state index contributed by atoms with van der Waals surface area (Å²) >= 11 is 0. The highest BCUT2D eigenvalue weighted by Gasteiger charge is 2.18. The Labute approximate surface area is 93.3 Å². The predicted octanol–water partition coefficient (Wildman–Crippen LogP) is 1.19. The number of aromatic nitrogens is 1. The highest BCUT2D eigenvalue weighted by atomic mass is 19.1. The van der Waals surface area contributed by atoms with Crippen molar-refractivity contribution in [3.8, 4) is 11.8 Å². The van der Waals surface area contributed by atoms with Crippen LogP contribution >= 0.6 is 0 Å². The van der Waals surface area contributed by atoms with E-state index in [-0.39, 0.29) is 11.6 Å². The van der Waals surface area contributed by atoms with Gasteiger partial charge in [0.2, 0.25) is 5.91 Å². The van der Waals surface area contributed by atoms with Gasteiger partial charge in [-0.3, -0.25) is 4.79 Å². The summed E-state index contributed by atoms with van der Waals surface area (Å²) in [6.45, 7) is 1.10. The van der Waals surface area contributed by atoms with Crippen LogP contribution in [0.15, 0.2) is 18.3 Å². The van der Waals surface area contributed by atoms with E-state index in [0.717, 1.165) is 13.0 Å². The second-order valence-electron chi connectivity index (χ2n) is 3.55. The van der Waals surface area contributed by atoms with Crippen LogP contribution in [0.3, 0.4) is 0 Å². The van der Waals surface area contributed by atoms with E-state index in [1.807, 2.05) is 0 Å². The molecule has 0 unspecified atom stereocenters. The smallest absolute Gasteiger partial charge is 0.223 e. The van der Waals surface area contributed by atoms with Gasteiger partial charge >= 0.3 is 0 Å². The number of nitrogens with zero attached hydrogens (tertiary/aromatic N) is 2. The van der Waals surface area contributed by atoms with Crippen molar-refractivity contribution in [3.05, 3.63) is 29.8 Å². The zero-order valence-electron chi connectivity index (χ0n) is 8.74. The summed E-state index contributed by atoms with van der Waals surface area (Å²) < 4.78 is 13.1. The summed E-state index contributed by atoms with van der Waals surface area (Å²) in [7, 11) is 0. The number of hydrogen-bond acceptors (Lipinski definition) is 2. The maximum atomic E-state index is 13.1. The van der Waals surface area contributed by atoms with Gasteiger partial charge in [-0.25, -0.2) is 9.37 Å². The minimum atomic E-state index is -0.428. The lowest BCUT2D eigenvalue weighted by Gasteiger charge is -2.09. The summed E-state index contributed by atoms with van der Waals surface area (Å²) in [6, 6.07) is 2.84. The van der Waals surface area contributed by atoms with Crippen molar-refractivity contribution in [2.75, 3.05) is 13.1 Å². The van der Waals surface area contributed by atoms with Gasteiger partial charge < -0.3 is 4.90 Å². The molecule has 1 aliphatic heterocycles. The van der Waals surface area contributed by atoms with Crippen LogP contribution in [-0.2, 0) is 4.79 Å². The average Bonchev–Trinajstić information content (AvgIpc) is 2.67. The van der Waals surface area contributed by atoms with E-state index in [9.17, 15) is 9.18 Å². The van der Waals surface area contributed by atoms with Crippen LogP contribution < -0.4 is 0 Å². The number of rotatable bonds is 1. The molecule has 3 nitrogen and oxygen atoms in total. The Balaban J connectivity index is 2.00. The van der Waals surface area contributed by atoms with Crippen molar-refractivity contribution in [2.24, 2.45) is 0 Å². The molecular formula is C12H11FN2O. The van der Waals surface area contributed by atoms with Crippen LogP contribution in [0, 0.1) is 17.7 Å². The lowest BCUT2D eigenvalue weighted by Crippen LogP contribution is -2.24. The molecule has 0 N–H and O–H groups in total. The third kappa shape index (κ3) is 2.37. The molecule has 4 heteroatoms. The van der Waals surface area contributed by atoms with Crippen molar-refractivity contribution in [3.63, 3.8) is 0 Å². The Morgan fingerprint density at radius 2 is 2.44 bits per heavy atom. The lowest BCUT2D eigenvalue weighted by atomic mass is 10.3. The van der Waals surface area contributed by atoms with Gasteiger partial charge in [-0.05, 0) is 24.5 Å². The Bertz CT molecular complexity index is 462. The molecular weight excluding hydrogens is 207 g/mol. The first-order valence-corrected chi connectivity index (χ1v) is 5.14. The number of hydrogen-bond donors (Lipinski definition) is 0. The molecule has 0 atom stereocenters. The summed E-state index contributed by atoms with van der Waals surface area (Å²) in [4.78, 5) is 16.7. The monoisotopic (exact) mass is 218 g/mol. The van der Waals surface area contributed by atoms with Crippen LogP contribution in [0.4, 0.5) is 4.39 Å². The van der Waals surface area contributed by atoms with Gasteiger partial charge in [-0.1, -0.05) is 5.92 Å². The minimum Gasteiger partial charge on any atom is -0.332 e. The second-order valence-corrected chi connectivity index (χ2v) is 3.55. The molecule has 0 radical (unpaired) electrons. The highest BCUT2D eigenvalue weighted by Crippen LogP contribution is 2.08. The predicted molar refractivity (Wildman–Crippen MR) is 56.9 cm³/mol. The number of pyridine rings is 1. The van der Waals surface area contributed by atoms with E-state index >= 15 is 0 Å². The molecule has 0 aromatic carbocycles. The SMILES string of the molecule is O=C1CCCN1CC#Cc1ncccc1F. The molecule has 1 saturated heterocycles. The zero-order chi connectivity index (χ0) is 11.4. The van der Waals surface area contributed by atoms with Crippen LogP contribution in [0.25, 0.3) is 0 Å². The Hall–Kier alpha value is -1.89. The topological polar surface area (TPSA) is 33.2 Å². The third-order valence-corrected chi connectivity index (χ3v) is 2.41. The lowest BCUT2D eigenvalue weighted by molar-refractivity contribution is -0.127. The molecule has 2 heterocycles. The standard InChI is InChI=1S/C12H11FN2O/c13-10-4-1-7-14-11(10)5-2-8-15-9-3-6-12(15)16/h1,4,7H,3,6,8-9H2. The van der Waals surface area contributed by atoms with Gasteiger partial charge in [0.25, 0.3) is 0 Å². The molecule has 0 aliphatic carbocycles.